The van der Waals surface area contributed by atoms with Crippen LogP contribution in [-0.2, 0) is 19.6 Å². The molecule has 0 aliphatic heterocycles. The summed E-state index contributed by atoms with van der Waals surface area (Å²) in [4.78, 5) is 24.1. The minimum Gasteiger partial charge on any atom is -0.347 e. The van der Waals surface area contributed by atoms with Crippen molar-refractivity contribution < 1.29 is 26.8 Å². The highest BCUT2D eigenvalue weighted by atomic mass is 32.2. The monoisotopic (exact) mass is 363 g/mol. The van der Waals surface area contributed by atoms with E-state index in [1.165, 1.54) is 11.8 Å². The first-order chi connectivity index (χ1) is 11.0. The molecular formula is C14H19F2N3O4S. The van der Waals surface area contributed by atoms with Crippen molar-refractivity contribution in [1.29, 1.82) is 0 Å². The fraction of sp³-hybridized carbons (Fsp3) is 0.429. The molecule has 0 radical (unpaired) electrons. The summed E-state index contributed by atoms with van der Waals surface area (Å²) in [6.07, 6.45) is -0.214. The number of nitrogens with one attached hydrogen (secondary N) is 2. The lowest BCUT2D eigenvalue weighted by molar-refractivity contribution is -0.133. The van der Waals surface area contributed by atoms with E-state index in [9.17, 15) is 26.8 Å². The Morgan fingerprint density at radius 1 is 1.21 bits per heavy atom. The molecule has 0 aliphatic rings. The highest BCUT2D eigenvalue weighted by Crippen LogP contribution is 2.13. The van der Waals surface area contributed by atoms with Crippen LogP contribution in [-0.4, -0.2) is 51.8 Å². The van der Waals surface area contributed by atoms with E-state index in [2.05, 4.69) is 10.0 Å². The van der Waals surface area contributed by atoms with Gasteiger partial charge in [0.15, 0.2) is 11.6 Å². The number of hydrogen-bond acceptors (Lipinski definition) is 4. The van der Waals surface area contributed by atoms with Crippen LogP contribution in [0.25, 0.3) is 0 Å². The summed E-state index contributed by atoms with van der Waals surface area (Å²) in [5.41, 5.74) is 0. The Balaban J connectivity index is 2.55. The third kappa shape index (κ3) is 5.53. The molecule has 10 heteroatoms. The van der Waals surface area contributed by atoms with E-state index in [1.807, 2.05) is 0 Å². The highest BCUT2D eigenvalue weighted by molar-refractivity contribution is 7.89. The Bertz CT molecular complexity index is 723. The molecule has 0 aliphatic carbocycles. The number of carbonyl (C=O) groups is 2. The summed E-state index contributed by atoms with van der Waals surface area (Å²) in [7, 11) is -0.980. The van der Waals surface area contributed by atoms with Crippen molar-refractivity contribution in [3.8, 4) is 0 Å². The van der Waals surface area contributed by atoms with E-state index in [1.54, 1.807) is 14.1 Å². The van der Waals surface area contributed by atoms with Gasteiger partial charge >= 0.3 is 0 Å². The van der Waals surface area contributed by atoms with E-state index in [0.717, 1.165) is 6.07 Å². The standard InChI is InChI=1S/C14H19F2N3O4S/c1-9(14(21)19(2)3)18-13(20)6-7-17-24(22,23)10-4-5-11(15)12(16)8-10/h4-5,8-9,17H,6-7H2,1-3H3,(H,18,20). The van der Waals surface area contributed by atoms with Crippen LogP contribution in [0, 0.1) is 11.6 Å². The number of benzene rings is 1. The SMILES string of the molecule is CC(NC(=O)CCNS(=O)(=O)c1ccc(F)c(F)c1)C(=O)N(C)C. The molecular weight excluding hydrogens is 344 g/mol. The first-order valence-electron chi connectivity index (χ1n) is 7.00. The Morgan fingerprint density at radius 2 is 1.83 bits per heavy atom. The molecule has 2 N–H and O–H groups in total. The lowest BCUT2D eigenvalue weighted by atomic mass is 10.3. The predicted molar refractivity (Wildman–Crippen MR) is 82.5 cm³/mol. The van der Waals surface area contributed by atoms with Gasteiger partial charge in [-0.1, -0.05) is 0 Å². The first-order valence-corrected chi connectivity index (χ1v) is 8.48. The summed E-state index contributed by atoms with van der Waals surface area (Å²) in [6, 6.07) is 1.43. The molecule has 7 nitrogen and oxygen atoms in total. The quantitative estimate of drug-likeness (QED) is 0.725. The Kier molecular flexibility index (Phi) is 6.79. The van der Waals surface area contributed by atoms with E-state index in [-0.39, 0.29) is 18.9 Å². The van der Waals surface area contributed by atoms with Crippen LogP contribution in [0.15, 0.2) is 23.1 Å². The second-order valence-electron chi connectivity index (χ2n) is 5.25. The van der Waals surface area contributed by atoms with Gasteiger partial charge in [-0.25, -0.2) is 21.9 Å². The van der Waals surface area contributed by atoms with Crippen molar-refractivity contribution in [3.63, 3.8) is 0 Å². The van der Waals surface area contributed by atoms with Crippen LogP contribution in [0.3, 0.4) is 0 Å². The molecule has 24 heavy (non-hydrogen) atoms. The molecule has 134 valence electrons. The molecule has 0 spiro atoms. The summed E-state index contributed by atoms with van der Waals surface area (Å²) in [5, 5.41) is 2.43. The topological polar surface area (TPSA) is 95.6 Å². The average Bonchev–Trinajstić information content (AvgIpc) is 2.48. The number of amides is 2. The van der Waals surface area contributed by atoms with Crippen molar-refractivity contribution in [3.05, 3.63) is 29.8 Å². The van der Waals surface area contributed by atoms with E-state index < -0.39 is 38.5 Å². The predicted octanol–water partition coefficient (Wildman–Crippen LogP) is 0.226. The average molecular weight is 363 g/mol. The fourth-order valence-corrected chi connectivity index (χ4v) is 2.83. The van der Waals surface area contributed by atoms with E-state index in [0.29, 0.717) is 12.1 Å². The third-order valence-electron chi connectivity index (χ3n) is 3.03. The van der Waals surface area contributed by atoms with Crippen LogP contribution >= 0.6 is 0 Å². The zero-order chi connectivity index (χ0) is 18.5. The van der Waals surface area contributed by atoms with Gasteiger partial charge in [-0.15, -0.1) is 0 Å². The number of hydrogen-bond donors (Lipinski definition) is 2. The maximum Gasteiger partial charge on any atom is 0.244 e. The van der Waals surface area contributed by atoms with Crippen LogP contribution in [0.4, 0.5) is 8.78 Å². The molecule has 2 amide bonds. The second-order valence-corrected chi connectivity index (χ2v) is 7.01. The fourth-order valence-electron chi connectivity index (χ4n) is 1.79. The molecule has 0 heterocycles. The molecule has 1 rings (SSSR count). The summed E-state index contributed by atoms with van der Waals surface area (Å²) in [6.45, 7) is 1.25. The Morgan fingerprint density at radius 3 is 2.38 bits per heavy atom. The number of halogens is 2. The molecule has 1 unspecified atom stereocenters. The van der Waals surface area contributed by atoms with Gasteiger partial charge in [0.05, 0.1) is 4.90 Å². The minimum absolute atomic E-state index is 0.214. The Labute approximate surface area is 139 Å². The second kappa shape index (κ2) is 8.15. The molecule has 0 saturated carbocycles. The summed E-state index contributed by atoms with van der Waals surface area (Å²) >= 11 is 0. The normalized spacial score (nSPS) is 12.5. The number of likely N-dealkylation sites (N-methyl/N-ethyl adjacent to an activating group) is 1. The zero-order valence-corrected chi connectivity index (χ0v) is 14.3. The molecule has 0 bridgehead atoms. The van der Waals surface area contributed by atoms with Crippen molar-refractivity contribution >= 4 is 21.8 Å². The van der Waals surface area contributed by atoms with E-state index >= 15 is 0 Å². The van der Waals surface area contributed by atoms with Crippen molar-refractivity contribution in [2.75, 3.05) is 20.6 Å². The van der Waals surface area contributed by atoms with Crippen LogP contribution < -0.4 is 10.0 Å². The van der Waals surface area contributed by atoms with Gasteiger partial charge in [0.25, 0.3) is 0 Å². The Hall–Kier alpha value is -2.07. The third-order valence-corrected chi connectivity index (χ3v) is 4.49. The van der Waals surface area contributed by atoms with Crippen molar-refractivity contribution in [2.24, 2.45) is 0 Å². The molecule has 0 aromatic heterocycles. The van der Waals surface area contributed by atoms with Gasteiger partial charge in [-0.3, -0.25) is 9.59 Å². The van der Waals surface area contributed by atoms with Crippen LogP contribution in [0.5, 0.6) is 0 Å². The van der Waals surface area contributed by atoms with Gasteiger partial charge in [-0.05, 0) is 25.1 Å². The van der Waals surface area contributed by atoms with Crippen LogP contribution in [0.2, 0.25) is 0 Å². The highest BCUT2D eigenvalue weighted by Gasteiger charge is 2.19. The first kappa shape index (κ1) is 20.0. The smallest absolute Gasteiger partial charge is 0.244 e. The summed E-state index contributed by atoms with van der Waals surface area (Å²) < 4.78 is 51.8. The maximum atomic E-state index is 13.1. The van der Waals surface area contributed by atoms with Gasteiger partial charge < -0.3 is 10.2 Å². The number of sulfonamides is 1. The van der Waals surface area contributed by atoms with Gasteiger partial charge in [0.1, 0.15) is 6.04 Å². The molecule has 0 saturated heterocycles. The van der Waals surface area contributed by atoms with Gasteiger partial charge in [-0.2, -0.15) is 0 Å². The molecule has 1 aromatic rings. The van der Waals surface area contributed by atoms with Crippen molar-refractivity contribution in [1.82, 2.24) is 14.9 Å². The van der Waals surface area contributed by atoms with E-state index in [4.69, 9.17) is 0 Å². The maximum absolute atomic E-state index is 13.1. The molecule has 1 atom stereocenters. The van der Waals surface area contributed by atoms with Crippen molar-refractivity contribution in [2.45, 2.75) is 24.3 Å². The molecule has 1 aromatic carbocycles. The number of rotatable bonds is 7. The lowest BCUT2D eigenvalue weighted by Gasteiger charge is -2.18. The minimum atomic E-state index is -4.07. The zero-order valence-electron chi connectivity index (χ0n) is 13.5. The van der Waals surface area contributed by atoms with Crippen LogP contribution in [0.1, 0.15) is 13.3 Å². The number of carbonyl (C=O) groups excluding carboxylic acids is 2. The number of nitrogens with zero attached hydrogens (tertiary/aromatic N) is 1. The lowest BCUT2D eigenvalue weighted by Crippen LogP contribution is -2.44. The largest absolute Gasteiger partial charge is 0.347 e. The van der Waals surface area contributed by atoms with Gasteiger partial charge in [0.2, 0.25) is 21.8 Å². The van der Waals surface area contributed by atoms with Gasteiger partial charge in [0, 0.05) is 27.1 Å². The summed E-state index contributed by atoms with van der Waals surface area (Å²) in [5.74, 6) is -3.27. The molecule has 0 fully saturated rings.